The number of morpholine rings is 1. The van der Waals surface area contributed by atoms with Crippen LogP contribution in [-0.2, 0) is 11.3 Å². The molecule has 2 amide bonds. The highest BCUT2D eigenvalue weighted by Crippen LogP contribution is 2.30. The lowest BCUT2D eigenvalue weighted by Crippen LogP contribution is -2.58. The molecular weight excluding hydrogens is 292 g/mol. The van der Waals surface area contributed by atoms with Crippen molar-refractivity contribution in [3.05, 3.63) is 30.1 Å². The Kier molecular flexibility index (Phi) is 4.82. The predicted molar refractivity (Wildman–Crippen MR) is 88.1 cm³/mol. The summed E-state index contributed by atoms with van der Waals surface area (Å²) in [6, 6.07) is 6.15. The summed E-state index contributed by atoms with van der Waals surface area (Å²) in [5.74, 6) is 0. The summed E-state index contributed by atoms with van der Waals surface area (Å²) in [7, 11) is 3.61. The van der Waals surface area contributed by atoms with Crippen LogP contribution in [0.4, 0.5) is 4.79 Å². The first-order valence-corrected chi connectivity index (χ1v) is 8.30. The summed E-state index contributed by atoms with van der Waals surface area (Å²) in [5.41, 5.74) is 1.00. The topological polar surface area (TPSA) is 48.9 Å². The van der Waals surface area contributed by atoms with Crippen LogP contribution in [0.1, 0.15) is 18.5 Å². The first-order valence-electron chi connectivity index (χ1n) is 8.30. The molecular formula is C17H26N4O2. The predicted octanol–water partition coefficient (Wildman–Crippen LogP) is 1.43. The molecule has 2 saturated heterocycles. The van der Waals surface area contributed by atoms with Crippen molar-refractivity contribution >= 4 is 6.03 Å². The quantitative estimate of drug-likeness (QED) is 0.828. The zero-order chi connectivity index (χ0) is 16.3. The van der Waals surface area contributed by atoms with Crippen molar-refractivity contribution in [2.75, 3.05) is 46.9 Å². The molecule has 3 rings (SSSR count). The van der Waals surface area contributed by atoms with Crippen LogP contribution in [0.25, 0.3) is 0 Å². The molecule has 1 aromatic heterocycles. The Bertz CT molecular complexity index is 527. The molecule has 1 spiro atoms. The number of ether oxygens (including phenoxy) is 1. The number of pyridine rings is 1. The van der Waals surface area contributed by atoms with Gasteiger partial charge in [-0.2, -0.15) is 0 Å². The van der Waals surface area contributed by atoms with Crippen molar-refractivity contribution in [1.82, 2.24) is 19.7 Å². The lowest BCUT2D eigenvalue weighted by atomic mass is 9.89. The van der Waals surface area contributed by atoms with Gasteiger partial charge in [0.1, 0.15) is 0 Å². The Morgan fingerprint density at radius 2 is 2.09 bits per heavy atom. The average Bonchev–Trinajstić information content (AvgIpc) is 2.56. The van der Waals surface area contributed by atoms with Crippen LogP contribution in [0.3, 0.4) is 0 Å². The maximum atomic E-state index is 12.1. The van der Waals surface area contributed by atoms with Gasteiger partial charge in [0.05, 0.1) is 17.9 Å². The molecule has 0 radical (unpaired) electrons. The molecule has 0 N–H and O–H groups in total. The van der Waals surface area contributed by atoms with Crippen LogP contribution >= 0.6 is 0 Å². The molecule has 2 aliphatic rings. The molecule has 0 aromatic carbocycles. The lowest BCUT2D eigenvalue weighted by Gasteiger charge is -2.47. The normalized spacial score (nSPS) is 21.4. The SMILES string of the molecule is CN(C)C(=O)N1CCC2(CC1)CN(Cc1ccccn1)CCO2. The minimum atomic E-state index is -0.101. The van der Waals surface area contributed by atoms with E-state index in [-0.39, 0.29) is 11.6 Å². The number of nitrogens with zero attached hydrogens (tertiary/aromatic N) is 4. The van der Waals surface area contributed by atoms with Gasteiger partial charge in [-0.25, -0.2) is 4.79 Å². The molecule has 0 atom stereocenters. The van der Waals surface area contributed by atoms with E-state index >= 15 is 0 Å². The number of hydrogen-bond acceptors (Lipinski definition) is 4. The lowest BCUT2D eigenvalue weighted by molar-refractivity contribution is -0.134. The highest BCUT2D eigenvalue weighted by Gasteiger charge is 2.40. The minimum Gasteiger partial charge on any atom is -0.372 e. The third kappa shape index (κ3) is 3.82. The Hall–Kier alpha value is -1.66. The summed E-state index contributed by atoms with van der Waals surface area (Å²) in [6.45, 7) is 5.04. The first-order chi connectivity index (χ1) is 11.1. The number of aromatic nitrogens is 1. The minimum absolute atomic E-state index is 0.0981. The molecule has 6 nitrogen and oxygen atoms in total. The maximum absolute atomic E-state index is 12.1. The van der Waals surface area contributed by atoms with Gasteiger partial charge >= 0.3 is 6.03 Å². The number of carbonyl (C=O) groups excluding carboxylic acids is 1. The fraction of sp³-hybridized carbons (Fsp3) is 0.647. The van der Waals surface area contributed by atoms with Gasteiger partial charge in [0.25, 0.3) is 0 Å². The van der Waals surface area contributed by atoms with E-state index in [4.69, 9.17) is 4.74 Å². The second-order valence-electron chi connectivity index (χ2n) is 6.73. The third-order valence-electron chi connectivity index (χ3n) is 4.77. The van der Waals surface area contributed by atoms with Crippen molar-refractivity contribution < 1.29 is 9.53 Å². The van der Waals surface area contributed by atoms with Gasteiger partial charge < -0.3 is 14.5 Å². The van der Waals surface area contributed by atoms with E-state index in [0.29, 0.717) is 0 Å². The summed E-state index contributed by atoms with van der Waals surface area (Å²) in [5, 5.41) is 0. The molecule has 0 saturated carbocycles. The zero-order valence-corrected chi connectivity index (χ0v) is 14.1. The van der Waals surface area contributed by atoms with E-state index in [1.165, 1.54) is 0 Å². The van der Waals surface area contributed by atoms with Crippen LogP contribution in [0.2, 0.25) is 0 Å². The molecule has 126 valence electrons. The molecule has 0 unspecified atom stereocenters. The smallest absolute Gasteiger partial charge is 0.319 e. The summed E-state index contributed by atoms with van der Waals surface area (Å²) >= 11 is 0. The average molecular weight is 318 g/mol. The number of amides is 2. The zero-order valence-electron chi connectivity index (χ0n) is 14.1. The van der Waals surface area contributed by atoms with Crippen LogP contribution in [0, 0.1) is 0 Å². The van der Waals surface area contributed by atoms with E-state index in [0.717, 1.165) is 57.9 Å². The van der Waals surface area contributed by atoms with Crippen LogP contribution < -0.4 is 0 Å². The standard InChI is InChI=1S/C17H26N4O2/c1-19(2)16(22)21-9-6-17(7-10-21)14-20(11-12-23-17)13-15-5-3-4-8-18-15/h3-5,8H,6-7,9-14H2,1-2H3. The largest absolute Gasteiger partial charge is 0.372 e. The number of carbonyl (C=O) groups is 1. The second-order valence-corrected chi connectivity index (χ2v) is 6.73. The van der Waals surface area contributed by atoms with E-state index < -0.39 is 0 Å². The van der Waals surface area contributed by atoms with Crippen molar-refractivity contribution in [2.45, 2.75) is 25.0 Å². The van der Waals surface area contributed by atoms with Gasteiger partial charge in [-0.3, -0.25) is 9.88 Å². The number of likely N-dealkylation sites (tertiary alicyclic amines) is 1. The summed E-state index contributed by atoms with van der Waals surface area (Å²) in [4.78, 5) is 22.5. The Labute approximate surface area is 138 Å². The molecule has 23 heavy (non-hydrogen) atoms. The molecule has 6 heteroatoms. The van der Waals surface area contributed by atoms with Gasteiger partial charge in [0, 0.05) is 53.0 Å². The number of urea groups is 1. The van der Waals surface area contributed by atoms with Crippen molar-refractivity contribution in [3.8, 4) is 0 Å². The van der Waals surface area contributed by atoms with Gasteiger partial charge in [-0.1, -0.05) is 6.07 Å². The maximum Gasteiger partial charge on any atom is 0.319 e. The van der Waals surface area contributed by atoms with Gasteiger partial charge in [-0.05, 0) is 25.0 Å². The van der Waals surface area contributed by atoms with E-state index in [1.54, 1.807) is 19.0 Å². The van der Waals surface area contributed by atoms with Gasteiger partial charge in [0.15, 0.2) is 0 Å². The molecule has 0 bridgehead atoms. The van der Waals surface area contributed by atoms with Crippen molar-refractivity contribution in [2.24, 2.45) is 0 Å². The molecule has 2 fully saturated rings. The number of rotatable bonds is 2. The third-order valence-corrected chi connectivity index (χ3v) is 4.77. The number of hydrogen-bond donors (Lipinski definition) is 0. The van der Waals surface area contributed by atoms with E-state index in [2.05, 4.69) is 16.0 Å². The van der Waals surface area contributed by atoms with E-state index in [9.17, 15) is 4.79 Å². The van der Waals surface area contributed by atoms with Gasteiger partial charge in [0.2, 0.25) is 0 Å². The Morgan fingerprint density at radius 1 is 1.30 bits per heavy atom. The first kappa shape index (κ1) is 16.2. The fourth-order valence-corrected chi connectivity index (χ4v) is 3.47. The Morgan fingerprint density at radius 3 is 2.74 bits per heavy atom. The number of piperidine rings is 1. The van der Waals surface area contributed by atoms with Crippen LogP contribution in [-0.4, -0.2) is 78.2 Å². The molecule has 1 aromatic rings. The Balaban J connectivity index is 1.57. The highest BCUT2D eigenvalue weighted by molar-refractivity contribution is 5.73. The molecule has 0 aliphatic carbocycles. The molecule has 2 aliphatic heterocycles. The van der Waals surface area contributed by atoms with Gasteiger partial charge in [-0.15, -0.1) is 0 Å². The highest BCUT2D eigenvalue weighted by atomic mass is 16.5. The summed E-state index contributed by atoms with van der Waals surface area (Å²) in [6.07, 6.45) is 3.66. The van der Waals surface area contributed by atoms with Crippen LogP contribution in [0.5, 0.6) is 0 Å². The van der Waals surface area contributed by atoms with Crippen molar-refractivity contribution in [3.63, 3.8) is 0 Å². The second kappa shape index (κ2) is 6.84. The summed E-state index contributed by atoms with van der Waals surface area (Å²) < 4.78 is 6.15. The van der Waals surface area contributed by atoms with Crippen LogP contribution in [0.15, 0.2) is 24.4 Å². The van der Waals surface area contributed by atoms with Crippen molar-refractivity contribution in [1.29, 1.82) is 0 Å². The van der Waals surface area contributed by atoms with E-state index in [1.807, 2.05) is 23.2 Å². The monoisotopic (exact) mass is 318 g/mol. The fourth-order valence-electron chi connectivity index (χ4n) is 3.47. The molecule has 3 heterocycles.